The van der Waals surface area contributed by atoms with E-state index in [0.29, 0.717) is 5.56 Å². The Morgan fingerprint density at radius 2 is 1.62 bits per heavy atom. The van der Waals surface area contributed by atoms with Gasteiger partial charge in [0.2, 0.25) is 0 Å². The van der Waals surface area contributed by atoms with Crippen molar-refractivity contribution in [2.45, 2.75) is 24.7 Å². The van der Waals surface area contributed by atoms with Gasteiger partial charge in [-0.25, -0.2) is 9.59 Å². The first kappa shape index (κ1) is 19.9. The SMILES string of the molecule is C[C@]1(N=[N+]=[N-])C(=O)O[C@H](COC(=O)c2ccccc2)[C@H]1OC(=O)c1ccccc1. The number of hydrogen-bond acceptors (Lipinski definition) is 7. The molecule has 0 N–H and O–H groups in total. The molecule has 0 unspecified atom stereocenters. The molecule has 0 aliphatic carbocycles. The van der Waals surface area contributed by atoms with E-state index in [9.17, 15) is 14.4 Å². The van der Waals surface area contributed by atoms with E-state index in [4.69, 9.17) is 19.7 Å². The van der Waals surface area contributed by atoms with E-state index in [1.807, 2.05) is 0 Å². The lowest BCUT2D eigenvalue weighted by Gasteiger charge is -2.24. The maximum Gasteiger partial charge on any atom is 0.338 e. The highest BCUT2D eigenvalue weighted by Gasteiger charge is 2.57. The molecule has 2 aromatic carbocycles. The molecule has 0 amide bonds. The van der Waals surface area contributed by atoms with Gasteiger partial charge in [0, 0.05) is 4.91 Å². The van der Waals surface area contributed by atoms with E-state index in [1.165, 1.54) is 19.1 Å². The third-order valence-corrected chi connectivity index (χ3v) is 4.45. The minimum atomic E-state index is -1.79. The van der Waals surface area contributed by atoms with Gasteiger partial charge in [-0.2, -0.15) is 0 Å². The van der Waals surface area contributed by atoms with Crippen molar-refractivity contribution in [1.29, 1.82) is 0 Å². The third kappa shape index (κ3) is 4.20. The maximum atomic E-state index is 12.5. The van der Waals surface area contributed by atoms with Crippen LogP contribution < -0.4 is 0 Å². The Morgan fingerprint density at radius 3 is 2.17 bits per heavy atom. The third-order valence-electron chi connectivity index (χ3n) is 4.45. The van der Waals surface area contributed by atoms with Gasteiger partial charge in [0.05, 0.1) is 11.1 Å². The predicted octanol–water partition coefficient (Wildman–Crippen LogP) is 3.06. The minimum absolute atomic E-state index is 0.246. The van der Waals surface area contributed by atoms with E-state index in [0.717, 1.165) is 0 Å². The first-order valence-electron chi connectivity index (χ1n) is 8.71. The fourth-order valence-electron chi connectivity index (χ4n) is 2.87. The number of carbonyl (C=O) groups is 3. The highest BCUT2D eigenvalue weighted by atomic mass is 16.6. The lowest BCUT2D eigenvalue weighted by Crippen LogP contribution is -2.45. The molecule has 29 heavy (non-hydrogen) atoms. The van der Waals surface area contributed by atoms with Gasteiger partial charge in [-0.1, -0.05) is 41.5 Å². The molecule has 9 nitrogen and oxygen atoms in total. The van der Waals surface area contributed by atoms with Crippen LogP contribution in [0, 0.1) is 0 Å². The summed E-state index contributed by atoms with van der Waals surface area (Å²) in [6, 6.07) is 16.3. The number of ether oxygens (including phenoxy) is 3. The number of cyclic esters (lactones) is 1. The molecule has 1 aliphatic heterocycles. The minimum Gasteiger partial charge on any atom is -0.458 e. The van der Waals surface area contributed by atoms with Crippen molar-refractivity contribution in [2.24, 2.45) is 5.11 Å². The zero-order valence-corrected chi connectivity index (χ0v) is 15.4. The Labute approximate surface area is 165 Å². The highest BCUT2D eigenvalue weighted by Crippen LogP contribution is 2.33. The second-order valence-corrected chi connectivity index (χ2v) is 6.44. The van der Waals surface area contributed by atoms with Crippen LogP contribution in [-0.2, 0) is 19.0 Å². The fourth-order valence-corrected chi connectivity index (χ4v) is 2.87. The van der Waals surface area contributed by atoms with Crippen molar-refractivity contribution in [3.05, 3.63) is 82.2 Å². The number of carbonyl (C=O) groups excluding carboxylic acids is 3. The molecule has 1 saturated heterocycles. The lowest BCUT2D eigenvalue weighted by molar-refractivity contribution is -0.146. The molecular formula is C20H17N3O6. The molecule has 1 aliphatic rings. The molecule has 148 valence electrons. The van der Waals surface area contributed by atoms with Crippen molar-refractivity contribution < 1.29 is 28.6 Å². The van der Waals surface area contributed by atoms with E-state index < -0.39 is 35.7 Å². The van der Waals surface area contributed by atoms with E-state index >= 15 is 0 Å². The summed E-state index contributed by atoms with van der Waals surface area (Å²) in [5.74, 6) is -2.23. The van der Waals surface area contributed by atoms with Crippen LogP contribution in [0.4, 0.5) is 0 Å². The van der Waals surface area contributed by atoms with Crippen LogP contribution in [0.25, 0.3) is 10.4 Å². The fraction of sp³-hybridized carbons (Fsp3) is 0.250. The predicted molar refractivity (Wildman–Crippen MR) is 99.8 cm³/mol. The number of azide groups is 1. The van der Waals surface area contributed by atoms with Crippen molar-refractivity contribution in [2.75, 3.05) is 6.61 Å². The summed E-state index contributed by atoms with van der Waals surface area (Å²) in [7, 11) is 0. The highest BCUT2D eigenvalue weighted by molar-refractivity contribution is 5.91. The number of benzene rings is 2. The largest absolute Gasteiger partial charge is 0.458 e. The molecule has 0 spiro atoms. The van der Waals surface area contributed by atoms with Crippen LogP contribution >= 0.6 is 0 Å². The number of nitrogens with zero attached hydrogens (tertiary/aromatic N) is 3. The normalized spacial score (nSPS) is 22.9. The molecule has 0 saturated carbocycles. The zero-order valence-electron chi connectivity index (χ0n) is 15.4. The summed E-state index contributed by atoms with van der Waals surface area (Å²) in [6.45, 7) is 0.930. The summed E-state index contributed by atoms with van der Waals surface area (Å²) in [5, 5.41) is 3.49. The Kier molecular flexibility index (Phi) is 5.80. The van der Waals surface area contributed by atoms with Crippen LogP contribution in [0.3, 0.4) is 0 Å². The molecule has 9 heteroatoms. The molecule has 2 aromatic rings. The summed E-state index contributed by atoms with van der Waals surface area (Å²) in [4.78, 5) is 39.6. The van der Waals surface area contributed by atoms with Gasteiger partial charge in [-0.05, 0) is 36.7 Å². The molecule has 0 bridgehead atoms. The van der Waals surface area contributed by atoms with Gasteiger partial charge < -0.3 is 14.2 Å². The van der Waals surface area contributed by atoms with Gasteiger partial charge in [-0.15, -0.1) is 0 Å². The summed E-state index contributed by atoms with van der Waals surface area (Å²) >= 11 is 0. The quantitative estimate of drug-likeness (QED) is 0.243. The van der Waals surface area contributed by atoms with Gasteiger partial charge in [0.1, 0.15) is 6.61 Å². The zero-order chi connectivity index (χ0) is 20.9. The summed E-state index contributed by atoms with van der Waals surface area (Å²) < 4.78 is 15.9. The Balaban J connectivity index is 1.79. The average Bonchev–Trinajstić information content (AvgIpc) is 2.97. The number of rotatable bonds is 6. The molecule has 0 radical (unpaired) electrons. The molecular weight excluding hydrogens is 378 g/mol. The molecule has 3 atom stereocenters. The van der Waals surface area contributed by atoms with Crippen molar-refractivity contribution >= 4 is 17.9 Å². The second-order valence-electron chi connectivity index (χ2n) is 6.44. The Hall–Kier alpha value is -3.84. The number of hydrogen-bond donors (Lipinski definition) is 0. The lowest BCUT2D eigenvalue weighted by atomic mass is 9.95. The van der Waals surface area contributed by atoms with E-state index in [1.54, 1.807) is 48.5 Å². The molecule has 0 aromatic heterocycles. The monoisotopic (exact) mass is 395 g/mol. The standard InChI is InChI=1S/C20H17N3O6/c1-20(22-23-21)16(29-18(25)14-10-6-3-7-11-14)15(28-19(20)26)12-27-17(24)13-8-4-2-5-9-13/h2-11,15-16H,12H2,1H3/t15-,16-,20-/m1/s1. The van der Waals surface area contributed by atoms with Gasteiger partial charge in [-0.3, -0.25) is 4.79 Å². The molecule has 3 rings (SSSR count). The molecule has 1 heterocycles. The summed E-state index contributed by atoms with van der Waals surface area (Å²) in [5.41, 5.74) is 7.63. The van der Waals surface area contributed by atoms with Crippen LogP contribution in [0.5, 0.6) is 0 Å². The van der Waals surface area contributed by atoms with Crippen molar-refractivity contribution in [3.8, 4) is 0 Å². The first-order chi connectivity index (χ1) is 14.0. The smallest absolute Gasteiger partial charge is 0.338 e. The number of esters is 3. The van der Waals surface area contributed by atoms with E-state index in [2.05, 4.69) is 10.0 Å². The topological polar surface area (TPSA) is 128 Å². The van der Waals surface area contributed by atoms with Crippen LogP contribution in [-0.4, -0.2) is 42.3 Å². The molecule has 1 fully saturated rings. The maximum absolute atomic E-state index is 12.5. The van der Waals surface area contributed by atoms with Crippen molar-refractivity contribution in [3.63, 3.8) is 0 Å². The van der Waals surface area contributed by atoms with Crippen LogP contribution in [0.1, 0.15) is 27.6 Å². The first-order valence-corrected chi connectivity index (χ1v) is 8.71. The van der Waals surface area contributed by atoms with Gasteiger partial charge in [0.25, 0.3) is 0 Å². The Morgan fingerprint density at radius 1 is 1.07 bits per heavy atom. The van der Waals surface area contributed by atoms with Gasteiger partial charge in [0.15, 0.2) is 17.7 Å². The second kappa shape index (κ2) is 8.45. The summed E-state index contributed by atoms with van der Waals surface area (Å²) in [6.07, 6.45) is -2.40. The Bertz CT molecular complexity index is 959. The van der Waals surface area contributed by atoms with Gasteiger partial charge >= 0.3 is 17.9 Å². The van der Waals surface area contributed by atoms with Crippen LogP contribution in [0.15, 0.2) is 65.8 Å². The van der Waals surface area contributed by atoms with Crippen molar-refractivity contribution in [1.82, 2.24) is 0 Å². The van der Waals surface area contributed by atoms with Crippen LogP contribution in [0.2, 0.25) is 0 Å². The van der Waals surface area contributed by atoms with E-state index in [-0.39, 0.29) is 12.2 Å². The average molecular weight is 395 g/mol.